The Kier molecular flexibility index (Phi) is 7.77. The second-order valence-electron chi connectivity index (χ2n) is 5.37. The third-order valence-corrected chi connectivity index (χ3v) is 4.84. The summed E-state index contributed by atoms with van der Waals surface area (Å²) in [5.74, 6) is 1.51. The van der Waals surface area contributed by atoms with E-state index in [-0.39, 0.29) is 5.76 Å². The van der Waals surface area contributed by atoms with Gasteiger partial charge in [-0.1, -0.05) is 46.0 Å². The second kappa shape index (κ2) is 8.81. The minimum atomic E-state index is -4.79. The summed E-state index contributed by atoms with van der Waals surface area (Å²) in [4.78, 5) is 0. The molecule has 2 aliphatic carbocycles. The van der Waals surface area contributed by atoms with Crippen LogP contribution in [-0.2, 0) is 15.3 Å². The van der Waals surface area contributed by atoms with E-state index in [9.17, 15) is 17.4 Å². The van der Waals surface area contributed by atoms with E-state index in [0.29, 0.717) is 18.3 Å². The zero-order valence-corrected chi connectivity index (χ0v) is 13.6. The highest BCUT2D eigenvalue weighted by Crippen LogP contribution is 2.38. The predicted molar refractivity (Wildman–Crippen MR) is 78.6 cm³/mol. The first-order chi connectivity index (χ1) is 9.97. The lowest BCUT2D eigenvalue weighted by Crippen LogP contribution is -2.22. The number of allylic oxidation sites excluding steroid dienone is 2. The summed E-state index contributed by atoms with van der Waals surface area (Å²) in [6.45, 7) is 4.00. The second-order valence-corrected chi connectivity index (χ2v) is 6.47. The molecule has 0 aromatic heterocycles. The van der Waals surface area contributed by atoms with Gasteiger partial charge < -0.3 is 4.18 Å². The van der Waals surface area contributed by atoms with Crippen molar-refractivity contribution in [2.24, 2.45) is 11.8 Å². The van der Waals surface area contributed by atoms with Crippen molar-refractivity contribution in [1.29, 1.82) is 0 Å². The Morgan fingerprint density at radius 1 is 1.10 bits per heavy atom. The van der Waals surface area contributed by atoms with Gasteiger partial charge in [0.05, 0.1) is 0 Å². The van der Waals surface area contributed by atoms with E-state index in [1.165, 1.54) is 32.1 Å². The van der Waals surface area contributed by atoms with Crippen LogP contribution in [0.25, 0.3) is 0 Å². The maximum atomic E-state index is 12.1. The Morgan fingerprint density at radius 2 is 1.71 bits per heavy atom. The van der Waals surface area contributed by atoms with Gasteiger partial charge in [0.2, 0.25) is 0 Å². The number of halogens is 3. The molecule has 0 aliphatic heterocycles. The lowest BCUT2D eigenvalue weighted by Gasteiger charge is -2.32. The van der Waals surface area contributed by atoms with Gasteiger partial charge in [-0.05, 0) is 30.8 Å². The summed E-state index contributed by atoms with van der Waals surface area (Å²) < 4.78 is 51.7. The molecule has 0 aromatic rings. The lowest BCUT2D eigenvalue weighted by molar-refractivity contribution is -0.0458. The average molecular weight is 326 g/mol. The predicted octanol–water partition coefficient (Wildman–Crippen LogP) is 5.48. The Bertz CT molecular complexity index is 360. The summed E-state index contributed by atoms with van der Waals surface area (Å²) in [5, 5.41) is 0. The van der Waals surface area contributed by atoms with Crippen molar-refractivity contribution in [3.05, 3.63) is 11.8 Å². The quantitative estimate of drug-likeness (QED) is 0.686. The van der Waals surface area contributed by atoms with Gasteiger partial charge in [-0.2, -0.15) is 13.2 Å². The molecule has 124 valence electrons. The largest absolute Gasteiger partial charge is 0.508 e. The molecule has 0 amide bonds. The van der Waals surface area contributed by atoms with Crippen LogP contribution in [0.15, 0.2) is 11.8 Å². The van der Waals surface area contributed by atoms with Crippen molar-refractivity contribution in [2.75, 3.05) is 0 Å². The highest BCUT2D eigenvalue weighted by Gasteiger charge is 2.40. The van der Waals surface area contributed by atoms with Crippen LogP contribution in [0.4, 0.5) is 13.2 Å². The first-order valence-corrected chi connectivity index (χ1v) is 8.90. The summed E-state index contributed by atoms with van der Waals surface area (Å²) in [6, 6.07) is 0. The Labute approximate surface area is 127 Å². The van der Waals surface area contributed by atoms with Crippen molar-refractivity contribution in [3.63, 3.8) is 0 Å². The van der Waals surface area contributed by atoms with Crippen LogP contribution in [0, 0.1) is 11.8 Å². The average Bonchev–Trinajstić information content (AvgIpc) is 2.50. The van der Waals surface area contributed by atoms with E-state index in [2.05, 4.69) is 4.18 Å². The number of alkyl halides is 3. The SMILES string of the molecule is CC.O=S(OC1=CCC(C2CCCCC2)CC1)C(F)(F)F. The minimum absolute atomic E-state index is 0.239. The summed E-state index contributed by atoms with van der Waals surface area (Å²) in [5.41, 5.74) is -4.79. The van der Waals surface area contributed by atoms with Gasteiger partial charge in [-0.3, -0.25) is 0 Å². The standard InChI is InChI=1S/C13H19F3O2S.C2H6/c14-13(15,16)19(17)18-12-8-6-11(7-9-12)10-4-2-1-3-5-10;1-2/h8,10-11H,1-7,9H2;1-2H3. The molecule has 6 heteroatoms. The van der Waals surface area contributed by atoms with Gasteiger partial charge in [0, 0.05) is 6.42 Å². The van der Waals surface area contributed by atoms with E-state index in [1.54, 1.807) is 6.08 Å². The van der Waals surface area contributed by atoms with Gasteiger partial charge in [-0.15, -0.1) is 0 Å². The highest BCUT2D eigenvalue weighted by atomic mass is 32.2. The topological polar surface area (TPSA) is 26.3 Å². The van der Waals surface area contributed by atoms with Crippen LogP contribution in [0.2, 0.25) is 0 Å². The van der Waals surface area contributed by atoms with Gasteiger partial charge in [-0.25, -0.2) is 4.21 Å². The molecule has 0 bridgehead atoms. The van der Waals surface area contributed by atoms with E-state index >= 15 is 0 Å². The Morgan fingerprint density at radius 3 is 2.19 bits per heavy atom. The van der Waals surface area contributed by atoms with Crippen LogP contribution in [0.1, 0.15) is 65.2 Å². The van der Waals surface area contributed by atoms with Crippen molar-refractivity contribution >= 4 is 11.1 Å². The first-order valence-electron chi connectivity index (χ1n) is 7.83. The summed E-state index contributed by atoms with van der Waals surface area (Å²) in [7, 11) is 0. The summed E-state index contributed by atoms with van der Waals surface area (Å²) in [6.07, 6.45) is 10.1. The fourth-order valence-electron chi connectivity index (χ4n) is 3.08. The molecule has 0 saturated heterocycles. The zero-order chi connectivity index (χ0) is 15.9. The molecule has 0 heterocycles. The van der Waals surface area contributed by atoms with E-state index in [4.69, 9.17) is 0 Å². The summed E-state index contributed by atoms with van der Waals surface area (Å²) >= 11 is -3.22. The van der Waals surface area contributed by atoms with Gasteiger partial charge in [0.15, 0.2) is 0 Å². The minimum Gasteiger partial charge on any atom is -0.399 e. The molecular weight excluding hydrogens is 301 g/mol. The highest BCUT2D eigenvalue weighted by molar-refractivity contribution is 7.81. The molecule has 0 aromatic carbocycles. The van der Waals surface area contributed by atoms with Gasteiger partial charge in [0.1, 0.15) is 5.76 Å². The van der Waals surface area contributed by atoms with E-state index in [0.717, 1.165) is 12.8 Å². The van der Waals surface area contributed by atoms with Crippen molar-refractivity contribution in [2.45, 2.75) is 70.7 Å². The lowest BCUT2D eigenvalue weighted by atomic mass is 9.75. The molecule has 1 fully saturated rings. The molecule has 2 aliphatic rings. The number of rotatable bonds is 3. The number of hydrogen-bond acceptors (Lipinski definition) is 2. The van der Waals surface area contributed by atoms with Gasteiger partial charge >= 0.3 is 16.6 Å². The van der Waals surface area contributed by atoms with Crippen LogP contribution < -0.4 is 0 Å². The van der Waals surface area contributed by atoms with E-state index in [1.807, 2.05) is 13.8 Å². The molecular formula is C15H25F3O2S. The molecule has 2 unspecified atom stereocenters. The smallest absolute Gasteiger partial charge is 0.399 e. The molecule has 2 atom stereocenters. The number of hydrogen-bond donors (Lipinski definition) is 0. The van der Waals surface area contributed by atoms with Crippen molar-refractivity contribution in [1.82, 2.24) is 0 Å². The van der Waals surface area contributed by atoms with Crippen LogP contribution in [0.5, 0.6) is 0 Å². The fraction of sp³-hybridized carbons (Fsp3) is 0.867. The fourth-order valence-corrected chi connectivity index (χ4v) is 3.52. The van der Waals surface area contributed by atoms with Crippen molar-refractivity contribution in [3.8, 4) is 0 Å². The molecule has 0 N–H and O–H groups in total. The Balaban J connectivity index is 0.00000106. The van der Waals surface area contributed by atoms with Crippen LogP contribution in [0.3, 0.4) is 0 Å². The van der Waals surface area contributed by atoms with Gasteiger partial charge in [0.25, 0.3) is 0 Å². The van der Waals surface area contributed by atoms with Crippen LogP contribution >= 0.6 is 0 Å². The van der Waals surface area contributed by atoms with E-state index < -0.39 is 16.6 Å². The molecule has 1 saturated carbocycles. The molecule has 2 rings (SSSR count). The molecule has 0 radical (unpaired) electrons. The third-order valence-electron chi connectivity index (χ3n) is 4.10. The maximum absolute atomic E-state index is 12.1. The first kappa shape index (κ1) is 18.5. The third kappa shape index (κ3) is 6.01. The Hall–Kier alpha value is -0.520. The zero-order valence-electron chi connectivity index (χ0n) is 12.7. The van der Waals surface area contributed by atoms with Crippen LogP contribution in [-0.4, -0.2) is 9.72 Å². The molecule has 2 nitrogen and oxygen atoms in total. The maximum Gasteiger partial charge on any atom is 0.508 e. The monoisotopic (exact) mass is 326 g/mol. The molecule has 0 spiro atoms. The normalized spacial score (nSPS) is 25.4. The van der Waals surface area contributed by atoms with Crippen molar-refractivity contribution < 1.29 is 21.6 Å². The molecule has 21 heavy (non-hydrogen) atoms.